The normalized spacial score (nSPS) is 16.9. The van der Waals surface area contributed by atoms with Crippen molar-refractivity contribution in [1.82, 2.24) is 14.5 Å². The number of aromatic nitrogens is 2. The lowest BCUT2D eigenvalue weighted by atomic mass is 9.95. The average Bonchev–Trinajstić information content (AvgIpc) is 3.50. The second-order valence-electron chi connectivity index (χ2n) is 8.52. The summed E-state index contributed by atoms with van der Waals surface area (Å²) in [5.41, 5.74) is 1.25. The molecule has 4 rings (SSSR count). The Balaban J connectivity index is 1.68. The SMILES string of the molecule is CCCOc1ccc(C(O)=C2C(=O)C(=O)N(CCCn3ccnc3)[C@H]2c2ccc(OCC)cc2)cc1. The van der Waals surface area contributed by atoms with E-state index in [1.54, 1.807) is 41.7 Å². The summed E-state index contributed by atoms with van der Waals surface area (Å²) in [6.45, 7) is 6.05. The summed E-state index contributed by atoms with van der Waals surface area (Å²) in [6, 6.07) is 13.5. The molecule has 2 aromatic carbocycles. The monoisotopic (exact) mass is 489 g/mol. The van der Waals surface area contributed by atoms with Crippen molar-refractivity contribution in [2.75, 3.05) is 19.8 Å². The van der Waals surface area contributed by atoms with Gasteiger partial charge in [0.1, 0.15) is 17.3 Å². The Kier molecular flexibility index (Phi) is 8.05. The highest BCUT2D eigenvalue weighted by molar-refractivity contribution is 6.46. The first-order valence-electron chi connectivity index (χ1n) is 12.2. The number of Topliss-reactive ketones (excluding diaryl/α,β-unsaturated/α-hetero) is 1. The van der Waals surface area contributed by atoms with Gasteiger partial charge >= 0.3 is 0 Å². The number of likely N-dealkylation sites (tertiary alicyclic amines) is 1. The van der Waals surface area contributed by atoms with Gasteiger partial charge < -0.3 is 24.0 Å². The summed E-state index contributed by atoms with van der Waals surface area (Å²) < 4.78 is 13.1. The first-order valence-corrected chi connectivity index (χ1v) is 12.2. The highest BCUT2D eigenvalue weighted by atomic mass is 16.5. The number of hydrogen-bond acceptors (Lipinski definition) is 6. The number of aryl methyl sites for hydroxylation is 1. The van der Waals surface area contributed by atoms with Crippen LogP contribution in [0.2, 0.25) is 0 Å². The number of benzene rings is 2. The smallest absolute Gasteiger partial charge is 0.295 e. The van der Waals surface area contributed by atoms with Gasteiger partial charge in [-0.2, -0.15) is 0 Å². The fourth-order valence-corrected chi connectivity index (χ4v) is 4.30. The van der Waals surface area contributed by atoms with Crippen LogP contribution in [-0.2, 0) is 16.1 Å². The molecule has 0 spiro atoms. The van der Waals surface area contributed by atoms with E-state index < -0.39 is 17.7 Å². The van der Waals surface area contributed by atoms with Crippen LogP contribution >= 0.6 is 0 Å². The molecule has 8 heteroatoms. The minimum atomic E-state index is -0.709. The van der Waals surface area contributed by atoms with Crippen molar-refractivity contribution in [3.63, 3.8) is 0 Å². The van der Waals surface area contributed by atoms with Gasteiger partial charge in [-0.05, 0) is 61.7 Å². The molecule has 0 bridgehead atoms. The number of carbonyl (C=O) groups excluding carboxylic acids is 2. The molecule has 1 aromatic heterocycles. The molecule has 0 aliphatic carbocycles. The van der Waals surface area contributed by atoms with Crippen LogP contribution < -0.4 is 9.47 Å². The molecule has 1 saturated heterocycles. The number of ketones is 1. The van der Waals surface area contributed by atoms with E-state index in [0.717, 1.165) is 12.0 Å². The highest BCUT2D eigenvalue weighted by Crippen LogP contribution is 2.40. The molecule has 8 nitrogen and oxygen atoms in total. The van der Waals surface area contributed by atoms with Crippen molar-refractivity contribution in [3.05, 3.63) is 84.0 Å². The Morgan fingerprint density at radius 2 is 1.67 bits per heavy atom. The van der Waals surface area contributed by atoms with Crippen molar-refractivity contribution in [1.29, 1.82) is 0 Å². The van der Waals surface area contributed by atoms with Crippen molar-refractivity contribution in [3.8, 4) is 11.5 Å². The Labute approximate surface area is 210 Å². The van der Waals surface area contributed by atoms with Crippen LogP contribution in [-0.4, -0.2) is 51.0 Å². The standard InChI is InChI=1S/C28H31N3O5/c1-3-18-36-23-12-8-21(9-13-23)26(32)24-25(20-6-10-22(11-7-20)35-4-2)31(28(34)27(24)33)16-5-15-30-17-14-29-19-30/h6-14,17,19,25,32H,3-5,15-16,18H2,1-2H3/t25-/m0/s1. The van der Waals surface area contributed by atoms with Crippen LogP contribution in [0.1, 0.15) is 43.9 Å². The third kappa shape index (κ3) is 5.43. The van der Waals surface area contributed by atoms with Crippen LogP contribution in [0.3, 0.4) is 0 Å². The fraction of sp³-hybridized carbons (Fsp3) is 0.321. The van der Waals surface area contributed by atoms with Crippen LogP contribution in [0.25, 0.3) is 5.76 Å². The van der Waals surface area contributed by atoms with Crippen LogP contribution in [0, 0.1) is 0 Å². The molecule has 3 aromatic rings. The second kappa shape index (κ2) is 11.6. The minimum absolute atomic E-state index is 0.0778. The third-order valence-corrected chi connectivity index (χ3v) is 6.02. The number of aliphatic hydroxyl groups excluding tert-OH is 1. The number of hydrogen-bond donors (Lipinski definition) is 1. The topological polar surface area (TPSA) is 93.9 Å². The van der Waals surface area contributed by atoms with Crippen LogP contribution in [0.15, 0.2) is 72.8 Å². The number of amides is 1. The molecule has 0 radical (unpaired) electrons. The summed E-state index contributed by atoms with van der Waals surface area (Å²) in [5, 5.41) is 11.2. The molecule has 1 aliphatic rings. The zero-order chi connectivity index (χ0) is 25.5. The molecule has 36 heavy (non-hydrogen) atoms. The van der Waals surface area contributed by atoms with Gasteiger partial charge in [-0.15, -0.1) is 0 Å². The van der Waals surface area contributed by atoms with E-state index in [-0.39, 0.29) is 11.3 Å². The molecular formula is C28H31N3O5. The molecule has 188 valence electrons. The molecule has 1 atom stereocenters. The predicted octanol–water partition coefficient (Wildman–Crippen LogP) is 4.58. The zero-order valence-electron chi connectivity index (χ0n) is 20.6. The lowest BCUT2D eigenvalue weighted by Crippen LogP contribution is -2.31. The third-order valence-electron chi connectivity index (χ3n) is 6.02. The van der Waals surface area contributed by atoms with E-state index in [9.17, 15) is 14.7 Å². The van der Waals surface area contributed by atoms with Gasteiger partial charge in [-0.1, -0.05) is 19.1 Å². The Morgan fingerprint density at radius 1 is 0.972 bits per heavy atom. The minimum Gasteiger partial charge on any atom is -0.507 e. The summed E-state index contributed by atoms with van der Waals surface area (Å²) in [4.78, 5) is 31.9. The van der Waals surface area contributed by atoms with E-state index in [1.165, 1.54) is 0 Å². The predicted molar refractivity (Wildman–Crippen MR) is 136 cm³/mol. The first-order chi connectivity index (χ1) is 17.5. The summed E-state index contributed by atoms with van der Waals surface area (Å²) in [7, 11) is 0. The van der Waals surface area contributed by atoms with E-state index in [1.807, 2.05) is 48.9 Å². The van der Waals surface area contributed by atoms with Crippen molar-refractivity contribution in [2.45, 2.75) is 39.3 Å². The second-order valence-corrected chi connectivity index (χ2v) is 8.52. The van der Waals surface area contributed by atoms with E-state index in [4.69, 9.17) is 9.47 Å². The number of ether oxygens (including phenoxy) is 2. The average molecular weight is 490 g/mol. The molecular weight excluding hydrogens is 458 g/mol. The van der Waals surface area contributed by atoms with Gasteiger partial charge in [0.05, 0.1) is 31.2 Å². The maximum atomic E-state index is 13.2. The summed E-state index contributed by atoms with van der Waals surface area (Å²) in [5.74, 6) is -0.145. The van der Waals surface area contributed by atoms with Crippen LogP contribution in [0.4, 0.5) is 0 Å². The molecule has 1 fully saturated rings. The van der Waals surface area contributed by atoms with E-state index in [0.29, 0.717) is 49.8 Å². The first kappa shape index (κ1) is 25.0. The lowest BCUT2D eigenvalue weighted by molar-refractivity contribution is -0.139. The van der Waals surface area contributed by atoms with Gasteiger partial charge in [0, 0.05) is 31.0 Å². The zero-order valence-corrected chi connectivity index (χ0v) is 20.6. The molecule has 1 amide bonds. The maximum absolute atomic E-state index is 13.2. The number of carbonyl (C=O) groups is 2. The molecule has 1 N–H and O–H groups in total. The molecule has 1 aliphatic heterocycles. The molecule has 0 saturated carbocycles. The number of rotatable bonds is 11. The Bertz CT molecular complexity index is 1200. The molecule has 2 heterocycles. The van der Waals surface area contributed by atoms with Gasteiger partial charge in [0.25, 0.3) is 11.7 Å². The van der Waals surface area contributed by atoms with Crippen molar-refractivity contribution < 1.29 is 24.2 Å². The Morgan fingerprint density at radius 3 is 2.31 bits per heavy atom. The van der Waals surface area contributed by atoms with Gasteiger partial charge in [0.15, 0.2) is 0 Å². The number of imidazole rings is 1. The number of aliphatic hydroxyl groups is 1. The number of nitrogens with zero attached hydrogens (tertiary/aromatic N) is 3. The van der Waals surface area contributed by atoms with Gasteiger partial charge in [-0.25, -0.2) is 4.98 Å². The van der Waals surface area contributed by atoms with Crippen molar-refractivity contribution in [2.24, 2.45) is 0 Å². The lowest BCUT2D eigenvalue weighted by Gasteiger charge is -2.25. The van der Waals surface area contributed by atoms with E-state index in [2.05, 4.69) is 4.98 Å². The summed E-state index contributed by atoms with van der Waals surface area (Å²) in [6.07, 6.45) is 6.77. The quantitative estimate of drug-likeness (QED) is 0.241. The summed E-state index contributed by atoms with van der Waals surface area (Å²) >= 11 is 0. The van der Waals surface area contributed by atoms with Crippen LogP contribution in [0.5, 0.6) is 11.5 Å². The molecule has 0 unspecified atom stereocenters. The van der Waals surface area contributed by atoms with Crippen molar-refractivity contribution >= 4 is 17.4 Å². The van der Waals surface area contributed by atoms with Gasteiger partial charge in [0.2, 0.25) is 0 Å². The van der Waals surface area contributed by atoms with Gasteiger partial charge in [-0.3, -0.25) is 9.59 Å². The largest absolute Gasteiger partial charge is 0.507 e. The highest BCUT2D eigenvalue weighted by Gasteiger charge is 2.45. The van der Waals surface area contributed by atoms with E-state index >= 15 is 0 Å². The fourth-order valence-electron chi connectivity index (χ4n) is 4.30. The Hall–Kier alpha value is -4.07. The maximum Gasteiger partial charge on any atom is 0.295 e.